The van der Waals surface area contributed by atoms with Crippen LogP contribution in [0.4, 0.5) is 0 Å². The molecule has 0 radical (unpaired) electrons. The maximum atomic E-state index is 13.9. The van der Waals surface area contributed by atoms with Gasteiger partial charge >= 0.3 is 5.97 Å². The van der Waals surface area contributed by atoms with Gasteiger partial charge in [0.05, 0.1) is 18.2 Å². The van der Waals surface area contributed by atoms with E-state index in [-0.39, 0.29) is 24.7 Å². The largest absolute Gasteiger partial charge is 0.481 e. The van der Waals surface area contributed by atoms with E-state index in [1.54, 1.807) is 7.11 Å². The third-order valence-corrected chi connectivity index (χ3v) is 9.02. The normalized spacial score (nSPS) is 23.9. The zero-order valence-electron chi connectivity index (χ0n) is 24.4. The van der Waals surface area contributed by atoms with Crippen molar-refractivity contribution in [1.29, 1.82) is 0 Å². The molecule has 0 spiro atoms. The van der Waals surface area contributed by atoms with Crippen LogP contribution < -0.4 is 16.0 Å². The lowest BCUT2D eigenvalue weighted by Gasteiger charge is -2.18. The highest BCUT2D eigenvalue weighted by Crippen LogP contribution is 2.46. The Morgan fingerprint density at radius 3 is 2.51 bits per heavy atom. The summed E-state index contributed by atoms with van der Waals surface area (Å²) in [5.41, 5.74) is 11.9. The Hall–Kier alpha value is -4.04. The molecule has 1 aliphatic carbocycles. The van der Waals surface area contributed by atoms with Crippen molar-refractivity contribution < 1.29 is 19.4 Å². The number of carbonyl (C=O) groups is 2. The van der Waals surface area contributed by atoms with Crippen molar-refractivity contribution in [3.63, 3.8) is 0 Å². The van der Waals surface area contributed by atoms with Crippen LogP contribution in [0.15, 0.2) is 17.5 Å². The minimum Gasteiger partial charge on any atom is -0.481 e. The molecular formula is C33H38N4O4. The Bertz CT molecular complexity index is 1760. The molecule has 1 fully saturated rings. The van der Waals surface area contributed by atoms with Crippen LogP contribution in [-0.4, -0.2) is 45.5 Å². The number of methoxy groups -OCH3 is 1. The summed E-state index contributed by atoms with van der Waals surface area (Å²) in [6, 6.07) is 2.19. The van der Waals surface area contributed by atoms with Gasteiger partial charge in [-0.25, -0.2) is 0 Å². The summed E-state index contributed by atoms with van der Waals surface area (Å²) >= 11 is 0. The lowest BCUT2D eigenvalue weighted by atomic mass is 9.90. The molecule has 2 aliphatic heterocycles. The van der Waals surface area contributed by atoms with Crippen LogP contribution in [-0.2, 0) is 22.4 Å². The molecule has 3 aliphatic rings. The number of aryl methyl sites for hydroxylation is 1. The highest BCUT2D eigenvalue weighted by atomic mass is 16.5. The molecule has 8 bridgehead atoms. The zero-order chi connectivity index (χ0) is 29.0. The summed E-state index contributed by atoms with van der Waals surface area (Å²) in [6.07, 6.45) is 9.42. The minimum atomic E-state index is -0.821. The second-order valence-electron chi connectivity index (χ2n) is 11.5. The molecule has 0 amide bonds. The van der Waals surface area contributed by atoms with Crippen LogP contribution >= 0.6 is 0 Å². The smallest absolute Gasteiger partial charge is 0.303 e. The van der Waals surface area contributed by atoms with Crippen molar-refractivity contribution >= 4 is 35.6 Å². The third-order valence-electron chi connectivity index (χ3n) is 9.02. The number of rotatable bonds is 7. The van der Waals surface area contributed by atoms with Crippen LogP contribution in [0.3, 0.4) is 0 Å². The van der Waals surface area contributed by atoms with E-state index in [0.717, 1.165) is 68.8 Å². The van der Waals surface area contributed by atoms with E-state index < -0.39 is 11.9 Å². The van der Waals surface area contributed by atoms with Crippen molar-refractivity contribution in [2.45, 2.75) is 59.8 Å². The van der Waals surface area contributed by atoms with Gasteiger partial charge < -0.3 is 30.1 Å². The van der Waals surface area contributed by atoms with E-state index in [4.69, 9.17) is 4.74 Å². The van der Waals surface area contributed by atoms with Gasteiger partial charge in [-0.1, -0.05) is 13.8 Å². The molecule has 0 aromatic carbocycles. The summed E-state index contributed by atoms with van der Waals surface area (Å²) < 4.78 is 5.55. The first-order valence-electron chi connectivity index (χ1n) is 14.6. The van der Waals surface area contributed by atoms with Crippen LogP contribution in [0.2, 0.25) is 0 Å². The molecule has 8 nitrogen and oxygen atoms in total. The van der Waals surface area contributed by atoms with E-state index >= 15 is 0 Å². The minimum absolute atomic E-state index is 0.0454. The van der Waals surface area contributed by atoms with Crippen LogP contribution in [0.5, 0.6) is 0 Å². The molecule has 0 saturated carbocycles. The highest BCUT2D eigenvalue weighted by molar-refractivity contribution is 6.15. The molecule has 3 aromatic heterocycles. The summed E-state index contributed by atoms with van der Waals surface area (Å²) in [4.78, 5) is 36.4. The van der Waals surface area contributed by atoms with Gasteiger partial charge in [0.1, 0.15) is 0 Å². The lowest BCUT2D eigenvalue weighted by Crippen LogP contribution is -2.20. The van der Waals surface area contributed by atoms with Gasteiger partial charge in [0.15, 0.2) is 5.78 Å². The van der Waals surface area contributed by atoms with Gasteiger partial charge in [-0.3, -0.25) is 9.59 Å². The van der Waals surface area contributed by atoms with Crippen molar-refractivity contribution in [1.82, 2.24) is 20.3 Å². The maximum Gasteiger partial charge on any atom is 0.303 e. The van der Waals surface area contributed by atoms with Gasteiger partial charge in [0.2, 0.25) is 0 Å². The average molecular weight is 555 g/mol. The van der Waals surface area contributed by atoms with Crippen molar-refractivity contribution in [2.75, 3.05) is 13.7 Å². The molecule has 2 atom stereocenters. The number of aromatic nitrogens is 3. The number of aliphatic carboxylic acids is 1. The quantitative estimate of drug-likeness (QED) is 0.301. The first-order valence-corrected chi connectivity index (χ1v) is 14.6. The zero-order valence-corrected chi connectivity index (χ0v) is 24.4. The van der Waals surface area contributed by atoms with Gasteiger partial charge in [0.25, 0.3) is 0 Å². The van der Waals surface area contributed by atoms with E-state index in [9.17, 15) is 14.7 Å². The molecule has 5 N–H and O–H groups in total. The molecule has 5 heterocycles. The summed E-state index contributed by atoms with van der Waals surface area (Å²) in [5.74, 6) is -1.28. The Morgan fingerprint density at radius 2 is 1.80 bits per heavy atom. The van der Waals surface area contributed by atoms with Crippen molar-refractivity contribution in [3.05, 3.63) is 78.8 Å². The first kappa shape index (κ1) is 27.1. The van der Waals surface area contributed by atoms with Gasteiger partial charge in [0, 0.05) is 69.8 Å². The topological polar surface area (TPSA) is 123 Å². The Balaban J connectivity index is 1.67. The number of hydrogen-bond acceptors (Lipinski definition) is 4. The molecule has 41 heavy (non-hydrogen) atoms. The predicted octanol–water partition coefficient (Wildman–Crippen LogP) is 4.07. The highest BCUT2D eigenvalue weighted by Gasteiger charge is 2.43. The first-order chi connectivity index (χ1) is 19.7. The van der Waals surface area contributed by atoms with Gasteiger partial charge in [-0.2, -0.15) is 0 Å². The Labute approximate surface area is 239 Å². The number of carboxylic acids is 1. The number of carboxylic acid groups (broad SMARTS) is 1. The van der Waals surface area contributed by atoms with Crippen LogP contribution in [0, 0.1) is 25.7 Å². The van der Waals surface area contributed by atoms with E-state index in [1.165, 1.54) is 16.7 Å². The second-order valence-corrected chi connectivity index (χ2v) is 11.5. The van der Waals surface area contributed by atoms with Crippen LogP contribution in [0.1, 0.15) is 88.5 Å². The molecule has 6 rings (SSSR count). The van der Waals surface area contributed by atoms with E-state index in [2.05, 4.69) is 65.3 Å². The summed E-state index contributed by atoms with van der Waals surface area (Å²) in [5, 5.41) is 15.3. The number of allylic oxidation sites excluding steroid dienone is 2. The fraction of sp³-hybridized carbons (Fsp3) is 0.394. The summed E-state index contributed by atoms with van der Waals surface area (Å²) in [6.45, 7) is 8.75. The number of H-pyrrole nitrogens is 3. The summed E-state index contributed by atoms with van der Waals surface area (Å²) in [7, 11) is 1.62. The van der Waals surface area contributed by atoms with Gasteiger partial charge in [-0.15, -0.1) is 0 Å². The number of carbonyl (C=O) groups excluding carboxylic acids is 1. The lowest BCUT2D eigenvalue weighted by molar-refractivity contribution is -0.137. The van der Waals surface area contributed by atoms with E-state index in [1.807, 2.05) is 6.92 Å². The molecule has 1 saturated heterocycles. The Morgan fingerprint density at radius 1 is 1.02 bits per heavy atom. The number of ketones is 1. The predicted molar refractivity (Wildman–Crippen MR) is 160 cm³/mol. The molecule has 3 aromatic rings. The maximum absolute atomic E-state index is 13.9. The number of fused-ring (bicyclic) bond motifs is 7. The number of Topliss-reactive ketones (excluding diaryl/α,β-unsaturated/α-hetero) is 1. The number of hydrogen-bond donors (Lipinski definition) is 5. The number of ether oxygens (including phenoxy) is 1. The standard InChI is InChI=1S/C33H38N4O4/c1-6-18-10-20-12-21-11-19(8-9-28(38)39)31(35-21)30-23(15-41-5)33(40)29-17(4)25(37-32(29)30)14-27-22(7-2)16(3)24(36-27)13-26(18)34-20/h10,12-14,19,23,34-37H,6-9,11,15H2,1-5H3,(H,38,39)/b21-12-,24-13-,27-14-,31-30-/t19-,23+/m0/s1. The fourth-order valence-electron chi connectivity index (χ4n) is 6.93. The van der Waals surface area contributed by atoms with Crippen LogP contribution in [0.25, 0.3) is 23.8 Å². The average Bonchev–Trinajstić information content (AvgIpc) is 3.71. The number of nitrogens with one attached hydrogen (secondary N) is 4. The molecule has 0 unspecified atom stereocenters. The fourth-order valence-corrected chi connectivity index (χ4v) is 6.93. The Kier molecular flexibility index (Phi) is 6.90. The molecule has 8 heteroatoms. The molecular weight excluding hydrogens is 516 g/mol. The third kappa shape index (κ3) is 4.50. The number of aromatic amines is 3. The van der Waals surface area contributed by atoms with Crippen molar-refractivity contribution in [3.8, 4) is 0 Å². The second kappa shape index (κ2) is 10.4. The van der Waals surface area contributed by atoms with E-state index in [0.29, 0.717) is 18.4 Å². The SMILES string of the molecule is CCc1cc2[nH]c1/C=c1\[nH]/c(c(CC)c1C)=C\c1[nH]c3c(c1C)C(=O)[C@H](COC)/C3=C1/N/C(=C\2)C[C@@H]1CCC(=O)O. The van der Waals surface area contributed by atoms with Crippen molar-refractivity contribution in [2.24, 2.45) is 11.8 Å². The molecule has 214 valence electrons. The monoisotopic (exact) mass is 554 g/mol. The van der Waals surface area contributed by atoms with Gasteiger partial charge in [-0.05, 0) is 86.1 Å².